The largest absolute Gasteiger partial charge is 0.373 e. The van der Waals surface area contributed by atoms with E-state index in [9.17, 15) is 14.4 Å². The van der Waals surface area contributed by atoms with Crippen molar-refractivity contribution in [3.05, 3.63) is 99.6 Å². The maximum atomic E-state index is 12.9. The first-order chi connectivity index (χ1) is 16.5. The van der Waals surface area contributed by atoms with Crippen molar-refractivity contribution >= 4 is 34.3 Å². The fourth-order valence-corrected chi connectivity index (χ4v) is 4.30. The van der Waals surface area contributed by atoms with E-state index in [1.54, 1.807) is 72.3 Å². The van der Waals surface area contributed by atoms with Crippen molar-refractivity contribution in [3.63, 3.8) is 0 Å². The van der Waals surface area contributed by atoms with Crippen LogP contribution in [-0.2, 0) is 4.74 Å². The Morgan fingerprint density at radius 2 is 1.85 bits per heavy atom. The number of H-pyrrole nitrogens is 1. The number of hydrogen-bond donors (Lipinski definition) is 3. The second-order valence-corrected chi connectivity index (χ2v) is 8.57. The minimum atomic E-state index is -0.318. The summed E-state index contributed by atoms with van der Waals surface area (Å²) in [4.78, 5) is 40.7. The van der Waals surface area contributed by atoms with Crippen LogP contribution in [0.4, 0.5) is 0 Å². The first kappa shape index (κ1) is 22.1. The number of nitrogens with one attached hydrogen (secondary N) is 2. The maximum Gasteiger partial charge on any atom is 0.342 e. The highest BCUT2D eigenvalue weighted by Crippen LogP contribution is 2.23. The zero-order chi connectivity index (χ0) is 23.7. The Hall–Kier alpha value is -3.72. The Morgan fingerprint density at radius 1 is 1.06 bits per heavy atom. The quantitative estimate of drug-likeness (QED) is 0.407. The summed E-state index contributed by atoms with van der Waals surface area (Å²) < 4.78 is 7.05. The number of halogens is 1. The molecule has 1 saturated heterocycles. The number of aromatic amines is 1. The lowest BCUT2D eigenvalue weighted by molar-refractivity contribution is -0.594. The van der Waals surface area contributed by atoms with Gasteiger partial charge in [-0.25, -0.2) is 4.79 Å². The Bertz CT molecular complexity index is 1430. The molecule has 2 aromatic heterocycles. The van der Waals surface area contributed by atoms with Crippen LogP contribution in [0.1, 0.15) is 20.7 Å². The highest BCUT2D eigenvalue weighted by molar-refractivity contribution is 6.35. The summed E-state index contributed by atoms with van der Waals surface area (Å²) in [5.74, 6) is -0.407. The van der Waals surface area contributed by atoms with Crippen molar-refractivity contribution in [1.82, 2.24) is 14.9 Å². The number of ether oxygens (including phenoxy) is 1. The summed E-state index contributed by atoms with van der Waals surface area (Å²) in [6, 6.07) is 16.5. The van der Waals surface area contributed by atoms with Gasteiger partial charge in [0, 0.05) is 40.6 Å². The van der Waals surface area contributed by atoms with Gasteiger partial charge in [-0.3, -0.25) is 19.5 Å². The average molecular weight is 478 g/mol. The molecule has 2 aromatic carbocycles. The first-order valence-electron chi connectivity index (χ1n) is 10.8. The van der Waals surface area contributed by atoms with Crippen LogP contribution in [0.25, 0.3) is 16.6 Å². The van der Waals surface area contributed by atoms with Gasteiger partial charge in [0.25, 0.3) is 11.5 Å². The second-order valence-electron chi connectivity index (χ2n) is 8.16. The summed E-state index contributed by atoms with van der Waals surface area (Å²) in [5.41, 5.74) is 2.30. The van der Waals surface area contributed by atoms with Crippen molar-refractivity contribution in [2.45, 2.75) is 12.1 Å². The molecular weight excluding hydrogens is 456 g/mol. The number of primary amides is 1. The van der Waals surface area contributed by atoms with Crippen molar-refractivity contribution in [1.29, 1.82) is 0 Å². The van der Waals surface area contributed by atoms with Gasteiger partial charge in [0.2, 0.25) is 0 Å². The fraction of sp³-hybridized carbons (Fsp3) is 0.160. The standard InChI is InChI=1S/C25H21ClN4O4/c26-19-12-27-20-11-16(6-9-18(19)20)25(33)29-22-14-34-13-21(22)28-24(32)15-4-7-17(8-5-15)30-10-2-1-3-23(30)31/h1-12,21-22,27H,13-14H2,(H,28,32)(H,29,33)/p+1. The van der Waals surface area contributed by atoms with Gasteiger partial charge in [0.05, 0.1) is 17.2 Å². The molecule has 1 aliphatic rings. The van der Waals surface area contributed by atoms with Crippen LogP contribution in [0.5, 0.6) is 0 Å². The number of aromatic nitrogens is 2. The molecule has 4 N–H and O–H groups in total. The third kappa shape index (κ3) is 4.38. The first-order valence-corrected chi connectivity index (χ1v) is 11.2. The lowest BCUT2D eigenvalue weighted by Gasteiger charge is -2.17. The summed E-state index contributed by atoms with van der Waals surface area (Å²) in [6.07, 6.45) is 3.36. The zero-order valence-electron chi connectivity index (χ0n) is 18.0. The lowest BCUT2D eigenvalue weighted by atomic mass is 10.1. The number of nitrogens with zero attached hydrogens (tertiary/aromatic N) is 1. The van der Waals surface area contributed by atoms with Crippen LogP contribution in [0.2, 0.25) is 5.02 Å². The van der Waals surface area contributed by atoms with Gasteiger partial charge < -0.3 is 15.0 Å². The number of pyridine rings is 1. The highest BCUT2D eigenvalue weighted by atomic mass is 35.5. The number of carbonyl (C=O) groups is 2. The van der Waals surface area contributed by atoms with Crippen LogP contribution in [0, 0.1) is 0 Å². The van der Waals surface area contributed by atoms with Crippen LogP contribution in [-0.4, -0.2) is 46.7 Å². The topological polar surface area (TPSA) is 110 Å². The summed E-state index contributed by atoms with van der Waals surface area (Å²) >= 11 is 6.11. The van der Waals surface area contributed by atoms with Gasteiger partial charge in [-0.1, -0.05) is 23.7 Å². The smallest absolute Gasteiger partial charge is 0.342 e. The Labute approximate surface area is 199 Å². The summed E-state index contributed by atoms with van der Waals surface area (Å²) in [6.45, 7) is 0.673. The second kappa shape index (κ2) is 9.26. The molecule has 34 heavy (non-hydrogen) atoms. The molecule has 9 heteroatoms. The van der Waals surface area contributed by atoms with Crippen LogP contribution >= 0.6 is 11.6 Å². The van der Waals surface area contributed by atoms with E-state index < -0.39 is 0 Å². The summed E-state index contributed by atoms with van der Waals surface area (Å²) in [7, 11) is 0. The Balaban J connectivity index is 1.24. The van der Waals surface area contributed by atoms with Gasteiger partial charge >= 0.3 is 5.91 Å². The molecule has 8 nitrogen and oxygen atoms in total. The van der Waals surface area contributed by atoms with E-state index >= 15 is 0 Å². The monoisotopic (exact) mass is 477 g/mol. The molecule has 172 valence electrons. The molecule has 2 atom stereocenters. The van der Waals surface area contributed by atoms with E-state index in [1.807, 2.05) is 0 Å². The highest BCUT2D eigenvalue weighted by Gasteiger charge is 2.35. The van der Waals surface area contributed by atoms with Crippen molar-refractivity contribution in [2.75, 3.05) is 13.2 Å². The maximum absolute atomic E-state index is 12.9. The molecule has 0 aliphatic carbocycles. The van der Waals surface area contributed by atoms with E-state index in [1.165, 1.54) is 10.6 Å². The third-order valence-corrected chi connectivity index (χ3v) is 6.27. The molecule has 2 amide bonds. The number of amides is 2. The molecular formula is C25H22ClN4O4+. The molecule has 0 saturated carbocycles. The minimum absolute atomic E-state index is 0.145. The number of carbonyl (C=O) groups excluding carboxylic acids is 2. The minimum Gasteiger partial charge on any atom is -0.373 e. The molecule has 1 fully saturated rings. The zero-order valence-corrected chi connectivity index (χ0v) is 18.8. The Kier molecular flexibility index (Phi) is 6.02. The van der Waals surface area contributed by atoms with Crippen LogP contribution < -0.4 is 16.2 Å². The van der Waals surface area contributed by atoms with Gasteiger partial charge in [0.15, 0.2) is 0 Å². The molecule has 5 rings (SSSR count). The van der Waals surface area contributed by atoms with E-state index in [2.05, 4.69) is 10.3 Å². The fourth-order valence-electron chi connectivity index (χ4n) is 4.09. The molecule has 0 spiro atoms. The van der Waals surface area contributed by atoms with E-state index in [4.69, 9.17) is 16.3 Å². The number of nitrogens with two attached hydrogens (primary N) is 1. The molecule has 1 aliphatic heterocycles. The molecule has 3 heterocycles. The van der Waals surface area contributed by atoms with Gasteiger partial charge in [-0.2, -0.15) is 0 Å². The predicted molar refractivity (Wildman–Crippen MR) is 127 cm³/mol. The molecule has 2 unspecified atom stereocenters. The lowest BCUT2D eigenvalue weighted by Crippen LogP contribution is -2.96. The predicted octanol–water partition coefficient (Wildman–Crippen LogP) is 1.87. The number of hydrogen-bond acceptors (Lipinski definition) is 4. The summed E-state index contributed by atoms with van der Waals surface area (Å²) in [5, 5.41) is 6.02. The van der Waals surface area contributed by atoms with Gasteiger partial charge in [-0.05, 0) is 42.5 Å². The van der Waals surface area contributed by atoms with Crippen molar-refractivity contribution < 1.29 is 19.6 Å². The van der Waals surface area contributed by atoms with Gasteiger partial charge in [-0.15, -0.1) is 0 Å². The van der Waals surface area contributed by atoms with E-state index in [0.717, 1.165) is 10.9 Å². The van der Waals surface area contributed by atoms with E-state index in [-0.39, 0.29) is 29.5 Å². The molecule has 0 bridgehead atoms. The number of quaternary nitrogens is 1. The average Bonchev–Trinajstić information content (AvgIpc) is 3.45. The number of rotatable bonds is 5. The number of fused-ring (bicyclic) bond motifs is 1. The molecule has 4 aromatic rings. The normalized spacial score (nSPS) is 17.7. The SMILES string of the molecule is O=C(NC1COCC1[NH2+]C(=O)c1ccc(-n2ccccc2=O)cc1)c1ccc2c(Cl)c[nH]c2c1. The van der Waals surface area contributed by atoms with Crippen LogP contribution in [0.15, 0.2) is 77.9 Å². The van der Waals surface area contributed by atoms with E-state index in [0.29, 0.717) is 35.1 Å². The number of benzene rings is 2. The Morgan fingerprint density at radius 3 is 2.65 bits per heavy atom. The third-order valence-electron chi connectivity index (χ3n) is 5.95. The van der Waals surface area contributed by atoms with Gasteiger partial charge in [0.1, 0.15) is 18.7 Å². The van der Waals surface area contributed by atoms with Crippen LogP contribution in [0.3, 0.4) is 0 Å². The van der Waals surface area contributed by atoms with Crippen molar-refractivity contribution in [2.24, 2.45) is 0 Å². The van der Waals surface area contributed by atoms with Crippen molar-refractivity contribution in [3.8, 4) is 5.69 Å². The molecule has 0 radical (unpaired) electrons.